The van der Waals surface area contributed by atoms with Crippen molar-refractivity contribution in [2.24, 2.45) is 0 Å². The van der Waals surface area contributed by atoms with Gasteiger partial charge < -0.3 is 5.32 Å². The number of aromatic nitrogens is 4. The van der Waals surface area contributed by atoms with Crippen LogP contribution in [0.25, 0.3) is 21.8 Å². The molecule has 0 aliphatic carbocycles. The molecule has 6 nitrogen and oxygen atoms in total. The van der Waals surface area contributed by atoms with E-state index in [1.807, 2.05) is 57.2 Å². The molecule has 4 aromatic rings. The van der Waals surface area contributed by atoms with Gasteiger partial charge in [0.05, 0.1) is 16.3 Å². The Kier molecular flexibility index (Phi) is 5.63. The van der Waals surface area contributed by atoms with Crippen LogP contribution in [0.1, 0.15) is 32.3 Å². The van der Waals surface area contributed by atoms with Crippen molar-refractivity contribution in [1.82, 2.24) is 25.3 Å². The van der Waals surface area contributed by atoms with E-state index in [1.165, 1.54) is 11.3 Å². The number of carbonyl (C=O) groups is 1. The Morgan fingerprint density at radius 3 is 2.63 bits per heavy atom. The molecule has 0 aliphatic heterocycles. The number of hydrogen-bond donors (Lipinski definition) is 1. The summed E-state index contributed by atoms with van der Waals surface area (Å²) < 4.78 is 0. The number of hydrogen-bond acceptors (Lipinski definition) is 6. The van der Waals surface area contributed by atoms with Crippen LogP contribution in [0.3, 0.4) is 0 Å². The second kappa shape index (κ2) is 8.51. The van der Waals surface area contributed by atoms with Crippen molar-refractivity contribution < 1.29 is 4.79 Å². The van der Waals surface area contributed by atoms with E-state index in [9.17, 15) is 4.79 Å². The van der Waals surface area contributed by atoms with Gasteiger partial charge in [-0.25, -0.2) is 4.98 Å². The van der Waals surface area contributed by atoms with Crippen molar-refractivity contribution >= 4 is 17.2 Å². The molecular formula is C23H21N5OS. The van der Waals surface area contributed by atoms with Crippen LogP contribution in [0.4, 0.5) is 0 Å². The van der Waals surface area contributed by atoms with Crippen LogP contribution in [-0.2, 0) is 6.54 Å². The van der Waals surface area contributed by atoms with E-state index in [2.05, 4.69) is 25.3 Å². The highest BCUT2D eigenvalue weighted by atomic mass is 32.1. The summed E-state index contributed by atoms with van der Waals surface area (Å²) in [7, 11) is 0. The zero-order valence-corrected chi connectivity index (χ0v) is 17.8. The summed E-state index contributed by atoms with van der Waals surface area (Å²) >= 11 is 1.33. The zero-order chi connectivity index (χ0) is 21.1. The van der Waals surface area contributed by atoms with Gasteiger partial charge in [0.15, 0.2) is 5.01 Å². The van der Waals surface area contributed by atoms with Crippen LogP contribution in [-0.4, -0.2) is 25.8 Å². The number of amides is 1. The highest BCUT2D eigenvalue weighted by Gasteiger charge is 2.13. The lowest BCUT2D eigenvalue weighted by Gasteiger charge is -2.09. The largest absolute Gasteiger partial charge is 0.346 e. The quantitative estimate of drug-likeness (QED) is 0.518. The molecule has 0 bridgehead atoms. The van der Waals surface area contributed by atoms with Gasteiger partial charge in [-0.3, -0.25) is 19.7 Å². The van der Waals surface area contributed by atoms with E-state index in [-0.39, 0.29) is 5.91 Å². The van der Waals surface area contributed by atoms with Crippen LogP contribution < -0.4 is 5.32 Å². The lowest BCUT2D eigenvalue weighted by Crippen LogP contribution is -2.22. The molecule has 150 valence electrons. The second-order valence-corrected chi connectivity index (χ2v) is 8.10. The first-order valence-electron chi connectivity index (χ1n) is 9.56. The predicted molar refractivity (Wildman–Crippen MR) is 118 cm³/mol. The number of rotatable bonds is 5. The minimum absolute atomic E-state index is 0.203. The molecule has 0 unspecified atom stereocenters. The van der Waals surface area contributed by atoms with Crippen LogP contribution >= 0.6 is 11.3 Å². The molecule has 0 radical (unpaired) electrons. The molecule has 30 heavy (non-hydrogen) atoms. The summed E-state index contributed by atoms with van der Waals surface area (Å²) in [6.07, 6.45) is 5.27. The van der Waals surface area contributed by atoms with Crippen LogP contribution in [0, 0.1) is 20.8 Å². The maximum Gasteiger partial charge on any atom is 0.280 e. The summed E-state index contributed by atoms with van der Waals surface area (Å²) in [6, 6.07) is 11.8. The summed E-state index contributed by atoms with van der Waals surface area (Å²) in [5, 5.41) is 3.34. The third-order valence-electron chi connectivity index (χ3n) is 4.60. The van der Waals surface area contributed by atoms with Crippen LogP contribution in [0.2, 0.25) is 0 Å². The predicted octanol–water partition coefficient (Wildman–Crippen LogP) is 4.52. The average molecular weight is 416 g/mol. The van der Waals surface area contributed by atoms with Crippen molar-refractivity contribution in [2.45, 2.75) is 27.3 Å². The van der Waals surface area contributed by atoms with Gasteiger partial charge in [0.25, 0.3) is 5.91 Å². The molecule has 0 fully saturated rings. The van der Waals surface area contributed by atoms with Gasteiger partial charge in [-0.1, -0.05) is 12.1 Å². The lowest BCUT2D eigenvalue weighted by molar-refractivity contribution is 0.0950. The average Bonchev–Trinajstić information content (AvgIpc) is 3.22. The normalized spacial score (nSPS) is 10.8. The fourth-order valence-electron chi connectivity index (χ4n) is 3.16. The molecule has 0 atom stereocenters. The molecule has 1 N–H and O–H groups in total. The van der Waals surface area contributed by atoms with E-state index < -0.39 is 0 Å². The van der Waals surface area contributed by atoms with Crippen molar-refractivity contribution in [2.75, 3.05) is 0 Å². The van der Waals surface area contributed by atoms with Gasteiger partial charge in [0.1, 0.15) is 0 Å². The SMILES string of the molecule is Cc1cc(-c2ncc(CNC(=O)c3ncc(-c4cccc(C)n4)s3)cc2C)ccn1. The van der Waals surface area contributed by atoms with E-state index in [0.717, 1.165) is 44.3 Å². The smallest absolute Gasteiger partial charge is 0.280 e. The molecule has 4 heterocycles. The maximum absolute atomic E-state index is 12.5. The number of pyridine rings is 3. The topological polar surface area (TPSA) is 80.7 Å². The first-order chi connectivity index (χ1) is 14.5. The molecule has 0 spiro atoms. The number of aryl methyl sites for hydroxylation is 3. The highest BCUT2D eigenvalue weighted by molar-refractivity contribution is 7.16. The Hall–Kier alpha value is -3.45. The van der Waals surface area contributed by atoms with Crippen LogP contribution in [0.15, 0.2) is 55.0 Å². The fraction of sp³-hybridized carbons (Fsp3) is 0.174. The summed E-state index contributed by atoms with van der Waals surface area (Å²) in [5.41, 5.74) is 6.66. The lowest BCUT2D eigenvalue weighted by atomic mass is 10.1. The van der Waals surface area contributed by atoms with Crippen molar-refractivity contribution in [3.8, 4) is 21.8 Å². The third-order valence-corrected chi connectivity index (χ3v) is 5.62. The van der Waals surface area contributed by atoms with Gasteiger partial charge in [-0.15, -0.1) is 11.3 Å². The number of nitrogens with zero attached hydrogens (tertiary/aromatic N) is 4. The summed E-state index contributed by atoms with van der Waals surface area (Å²) in [5.74, 6) is -0.203. The standard InChI is InChI=1S/C23H21N5OS/c1-14-9-17(11-25-21(14)18-7-8-24-16(3)10-18)12-26-22(29)23-27-13-20(30-23)19-6-4-5-15(2)28-19/h4-11,13H,12H2,1-3H3,(H,26,29). The summed E-state index contributed by atoms with van der Waals surface area (Å²) in [4.78, 5) is 31.0. The first kappa shape index (κ1) is 19.8. The first-order valence-corrected chi connectivity index (χ1v) is 10.4. The fourth-order valence-corrected chi connectivity index (χ4v) is 3.96. The monoisotopic (exact) mass is 415 g/mol. The molecular weight excluding hydrogens is 394 g/mol. The van der Waals surface area contributed by atoms with E-state index in [4.69, 9.17) is 0 Å². The second-order valence-electron chi connectivity index (χ2n) is 7.07. The van der Waals surface area contributed by atoms with E-state index >= 15 is 0 Å². The van der Waals surface area contributed by atoms with Crippen molar-refractivity contribution in [3.05, 3.63) is 82.5 Å². The van der Waals surface area contributed by atoms with Crippen molar-refractivity contribution in [3.63, 3.8) is 0 Å². The number of carbonyl (C=O) groups excluding carboxylic acids is 1. The van der Waals surface area contributed by atoms with Crippen molar-refractivity contribution in [1.29, 1.82) is 0 Å². The maximum atomic E-state index is 12.5. The molecule has 1 amide bonds. The molecule has 4 aromatic heterocycles. The Morgan fingerprint density at radius 2 is 1.87 bits per heavy atom. The minimum atomic E-state index is -0.203. The van der Waals surface area contributed by atoms with E-state index in [1.54, 1.807) is 18.6 Å². The van der Waals surface area contributed by atoms with Gasteiger partial charge in [0.2, 0.25) is 0 Å². The van der Waals surface area contributed by atoms with Gasteiger partial charge in [-0.2, -0.15) is 0 Å². The third kappa shape index (κ3) is 4.41. The molecule has 0 saturated heterocycles. The number of nitrogens with one attached hydrogen (secondary N) is 1. The molecule has 7 heteroatoms. The Morgan fingerprint density at radius 1 is 1.00 bits per heavy atom. The zero-order valence-electron chi connectivity index (χ0n) is 17.0. The van der Waals surface area contributed by atoms with Gasteiger partial charge in [0, 0.05) is 42.1 Å². The molecule has 0 aliphatic rings. The van der Waals surface area contributed by atoms with E-state index in [0.29, 0.717) is 11.6 Å². The Balaban J connectivity index is 1.44. The minimum Gasteiger partial charge on any atom is -0.346 e. The molecule has 4 rings (SSSR count). The number of thiazole rings is 1. The molecule has 0 aromatic carbocycles. The molecule has 0 saturated carbocycles. The highest BCUT2D eigenvalue weighted by Crippen LogP contribution is 2.25. The Labute approximate surface area is 179 Å². The summed E-state index contributed by atoms with van der Waals surface area (Å²) in [6.45, 7) is 6.31. The Bertz CT molecular complexity index is 1220. The van der Waals surface area contributed by atoms with Crippen LogP contribution in [0.5, 0.6) is 0 Å². The van der Waals surface area contributed by atoms with Gasteiger partial charge >= 0.3 is 0 Å². The van der Waals surface area contributed by atoms with Gasteiger partial charge in [-0.05, 0) is 56.2 Å².